The summed E-state index contributed by atoms with van der Waals surface area (Å²) < 4.78 is 40.0. The molecule has 0 radical (unpaired) electrons. The number of benzene rings is 1. The Balaban J connectivity index is 1.20. The number of hydrogen-bond donors (Lipinski definition) is 12. The van der Waals surface area contributed by atoms with Crippen LogP contribution in [0.2, 0.25) is 0 Å². The molecule has 0 bridgehead atoms. The van der Waals surface area contributed by atoms with Crippen LogP contribution in [0.1, 0.15) is 92.5 Å². The molecule has 12 N–H and O–H groups in total. The Bertz CT molecular complexity index is 2110. The summed E-state index contributed by atoms with van der Waals surface area (Å²) in [4.78, 5) is 2.78. The molecule has 75 heavy (non-hydrogen) atoms. The fraction of sp³-hybridized carbons (Fsp3) is 0.733. The van der Waals surface area contributed by atoms with E-state index < -0.39 is 112 Å². The monoisotopic (exact) mass is 1120 g/mol. The Hall–Kier alpha value is -3.03. The number of thioether (sulfide) groups is 3. The van der Waals surface area contributed by atoms with Gasteiger partial charge >= 0.3 is 0 Å². The molecule has 3 aliphatic rings. The fourth-order valence-electron chi connectivity index (χ4n) is 8.57. The molecule has 1 aromatic carbocycles. The minimum atomic E-state index is -1.62. The zero-order chi connectivity index (χ0) is 53.9. The van der Waals surface area contributed by atoms with Gasteiger partial charge in [-0.05, 0) is 36.5 Å². The number of ether oxygens (including phenoxy) is 6. The maximum absolute atomic E-state index is 10.7. The van der Waals surface area contributed by atoms with Gasteiger partial charge in [-0.2, -0.15) is 0 Å². The van der Waals surface area contributed by atoms with E-state index in [4.69, 9.17) is 28.4 Å². The van der Waals surface area contributed by atoms with Crippen LogP contribution in [0.4, 0.5) is 0 Å². The zero-order valence-corrected chi connectivity index (χ0v) is 44.0. The van der Waals surface area contributed by atoms with Gasteiger partial charge in [-0.15, -0.1) is 50.6 Å². The third-order valence-corrected chi connectivity index (χ3v) is 16.7. The number of rotatable bonds is 27. The highest BCUT2D eigenvalue weighted by Crippen LogP contribution is 2.46. The molecule has 3 aromatic heterocycles. The van der Waals surface area contributed by atoms with Crippen LogP contribution in [0.15, 0.2) is 33.3 Å². The van der Waals surface area contributed by atoms with Crippen LogP contribution >= 0.6 is 35.3 Å². The Labute approximate surface area is 444 Å². The summed E-state index contributed by atoms with van der Waals surface area (Å²) in [5.74, 6) is 2.20. The van der Waals surface area contributed by atoms with E-state index in [-0.39, 0.29) is 39.6 Å². The molecule has 30 heteroatoms. The molecule has 3 unspecified atom stereocenters. The first-order chi connectivity index (χ1) is 36.2. The molecule has 0 spiro atoms. The summed E-state index contributed by atoms with van der Waals surface area (Å²) >= 11 is 4.95. The van der Waals surface area contributed by atoms with Crippen LogP contribution in [0.3, 0.4) is 0 Å². The summed E-state index contributed by atoms with van der Waals surface area (Å²) in [6.07, 6.45) is -14.5. The Morgan fingerprint density at radius 2 is 0.680 bits per heavy atom. The van der Waals surface area contributed by atoms with Crippen LogP contribution in [-0.2, 0) is 68.1 Å². The summed E-state index contributed by atoms with van der Waals surface area (Å²) in [7, 11) is 0. The van der Waals surface area contributed by atoms with E-state index >= 15 is 0 Å². The van der Waals surface area contributed by atoms with Gasteiger partial charge < -0.3 is 89.7 Å². The molecule has 3 saturated heterocycles. The molecule has 0 saturated carbocycles. The van der Waals surface area contributed by atoms with Crippen molar-refractivity contribution in [2.45, 2.75) is 186 Å². The van der Waals surface area contributed by atoms with Crippen LogP contribution in [0.5, 0.6) is 0 Å². The Morgan fingerprint density at radius 1 is 0.413 bits per heavy atom. The number of aliphatic hydroxyl groups excluding tert-OH is 12. The predicted octanol–water partition coefficient (Wildman–Crippen LogP) is -1.96. The van der Waals surface area contributed by atoms with Crippen molar-refractivity contribution in [3.63, 3.8) is 0 Å². The molecule has 0 amide bonds. The first-order valence-electron chi connectivity index (χ1n) is 24.7. The second-order valence-corrected chi connectivity index (χ2v) is 21.5. The third kappa shape index (κ3) is 13.9. The van der Waals surface area contributed by atoms with Crippen LogP contribution < -0.4 is 0 Å². The van der Waals surface area contributed by atoms with Gasteiger partial charge in [0.2, 0.25) is 0 Å². The van der Waals surface area contributed by atoms with E-state index in [0.29, 0.717) is 17.1 Å². The van der Waals surface area contributed by atoms with Crippen molar-refractivity contribution in [2.75, 3.05) is 37.1 Å². The van der Waals surface area contributed by atoms with E-state index in [9.17, 15) is 61.3 Å². The number of aromatic nitrogens is 9. The van der Waals surface area contributed by atoms with Gasteiger partial charge in [-0.25, -0.2) is 14.0 Å². The fourth-order valence-corrected chi connectivity index (χ4v) is 12.0. The maximum Gasteiger partial charge on any atom is 0.180 e. The standard InChI is InChI=1S/C45H69N9O18S3/c1-4-7-73-40-25(19-67-16-22-10-52(49-46-22)43-37(64)34(61)31(58)28(13-55)70-43)41(74-8-5-2)27(21-69-18-24-12-54(51-48-24)45-39(66)36(63)33(60)30(15-57)72-45)42(75-9-6-3)26(40)20-68-17-23-11-53(50-47-23)44-38(65)35(62)32(59)29(14-56)71-44/h10-12,28-39,43-45,55-66H,4-9,13-21H2,1-3H3/t28-,29-,30-,31-,32-,33-,34+,35+,36+,37-,38-,39-,43?,44?,45?/m1/s1. The van der Waals surface area contributed by atoms with Crippen molar-refractivity contribution >= 4 is 35.3 Å². The molecule has 6 heterocycles. The minimum Gasteiger partial charge on any atom is -0.394 e. The number of hydrogen-bond acceptors (Lipinski definition) is 27. The lowest BCUT2D eigenvalue weighted by Crippen LogP contribution is -2.56. The summed E-state index contributed by atoms with van der Waals surface area (Å²) in [5, 5.41) is 149. The van der Waals surface area contributed by atoms with Crippen molar-refractivity contribution in [1.29, 1.82) is 0 Å². The van der Waals surface area contributed by atoms with Gasteiger partial charge in [0.25, 0.3) is 0 Å². The predicted molar refractivity (Wildman–Crippen MR) is 262 cm³/mol. The second-order valence-electron chi connectivity index (χ2n) is 18.2. The largest absolute Gasteiger partial charge is 0.394 e. The lowest BCUT2D eigenvalue weighted by molar-refractivity contribution is -0.254. The van der Waals surface area contributed by atoms with Crippen LogP contribution in [0.25, 0.3) is 0 Å². The van der Waals surface area contributed by atoms with Crippen molar-refractivity contribution < 1.29 is 89.7 Å². The van der Waals surface area contributed by atoms with E-state index in [2.05, 4.69) is 51.7 Å². The smallest absolute Gasteiger partial charge is 0.180 e. The molecular weight excluding hydrogens is 1050 g/mol. The minimum absolute atomic E-state index is 0.0502. The topological polar surface area (TPSA) is 390 Å². The lowest BCUT2D eigenvalue weighted by Gasteiger charge is -2.39. The first kappa shape index (κ1) is 59.6. The van der Waals surface area contributed by atoms with Gasteiger partial charge in [0.1, 0.15) is 90.3 Å². The summed E-state index contributed by atoms with van der Waals surface area (Å²) in [5.41, 5.74) is 3.63. The third-order valence-electron chi connectivity index (χ3n) is 12.5. The van der Waals surface area contributed by atoms with Crippen LogP contribution in [0, 0.1) is 0 Å². The van der Waals surface area contributed by atoms with E-state index in [0.717, 1.165) is 67.9 Å². The van der Waals surface area contributed by atoms with Crippen LogP contribution in [-0.4, -0.2) is 217 Å². The molecule has 27 nitrogen and oxygen atoms in total. The highest BCUT2D eigenvalue weighted by molar-refractivity contribution is 8.01. The normalized spacial score (nSPS) is 30.4. The second kappa shape index (κ2) is 28.2. The molecule has 7 rings (SSSR count). The summed E-state index contributed by atoms with van der Waals surface area (Å²) in [6, 6.07) is 0. The van der Waals surface area contributed by atoms with Crippen molar-refractivity contribution in [1.82, 2.24) is 45.0 Å². The quantitative estimate of drug-likeness (QED) is 0.0288. The van der Waals surface area contributed by atoms with Gasteiger partial charge in [0.05, 0.1) is 78.1 Å². The zero-order valence-electron chi connectivity index (χ0n) is 41.6. The van der Waals surface area contributed by atoms with E-state index in [1.807, 2.05) is 0 Å². The van der Waals surface area contributed by atoms with Gasteiger partial charge in [0, 0.05) is 31.4 Å². The molecular formula is C45H69N9O18S3. The molecule has 15 atom stereocenters. The SMILES string of the molecule is CCCSc1c(COCc2cn(C3O[C@H](CO)[C@@H](O)[C@H](O)[C@H]3O)nn2)c(SCCC)c(COCc2cn(C3O[C@H](CO)[C@@H](O)[C@H](O)[C@H]3O)nn2)c(SCCC)c1COCc1cn(C2O[C@H](CO)[C@@H](O)[C@H](O)[C@H]2O)nn1. The highest BCUT2D eigenvalue weighted by Gasteiger charge is 2.47. The first-order valence-corrected chi connectivity index (χ1v) is 27.6. The average Bonchev–Trinajstić information content (AvgIpc) is 4.21. The lowest BCUT2D eigenvalue weighted by atomic mass is 9.98. The van der Waals surface area contributed by atoms with Gasteiger partial charge in [-0.3, -0.25) is 0 Å². The van der Waals surface area contributed by atoms with Crippen molar-refractivity contribution in [3.05, 3.63) is 52.4 Å². The molecule has 4 aromatic rings. The average molecular weight is 1120 g/mol. The summed E-state index contributed by atoms with van der Waals surface area (Å²) in [6.45, 7) is 4.46. The van der Waals surface area contributed by atoms with E-state index in [1.165, 1.54) is 32.6 Å². The molecule has 3 aliphatic heterocycles. The highest BCUT2D eigenvalue weighted by atomic mass is 32.2. The number of nitrogens with zero attached hydrogens (tertiary/aromatic N) is 9. The van der Waals surface area contributed by atoms with Crippen molar-refractivity contribution in [2.24, 2.45) is 0 Å². The Kier molecular flexibility index (Phi) is 22.4. The van der Waals surface area contributed by atoms with Crippen molar-refractivity contribution in [3.8, 4) is 0 Å². The number of aliphatic hydroxyl groups is 12. The Morgan fingerprint density at radius 3 is 0.920 bits per heavy atom. The molecule has 420 valence electrons. The maximum atomic E-state index is 10.7. The van der Waals surface area contributed by atoms with Gasteiger partial charge in [-0.1, -0.05) is 36.4 Å². The molecule has 0 aliphatic carbocycles. The van der Waals surface area contributed by atoms with E-state index in [1.54, 1.807) is 35.3 Å². The van der Waals surface area contributed by atoms with Gasteiger partial charge in [0.15, 0.2) is 18.7 Å². The molecule has 3 fully saturated rings.